The number of hydrogen-bond donors (Lipinski definition) is 0. The van der Waals surface area contributed by atoms with Crippen LogP contribution in [-0.4, -0.2) is 38.8 Å². The summed E-state index contributed by atoms with van der Waals surface area (Å²) in [5.74, 6) is 0.438. The van der Waals surface area contributed by atoms with Crippen molar-refractivity contribution < 1.29 is 9.47 Å². The maximum Gasteiger partial charge on any atom is 0.319 e. The summed E-state index contributed by atoms with van der Waals surface area (Å²) in [6.45, 7) is 0. The van der Waals surface area contributed by atoms with Crippen LogP contribution in [0.2, 0.25) is 0 Å². The molecule has 3 heterocycles. The Morgan fingerprint density at radius 1 is 1.16 bits per heavy atom. The second kappa shape index (κ2) is 4.52. The van der Waals surface area contributed by atoms with Crippen molar-refractivity contribution in [1.82, 2.24) is 24.6 Å². The lowest BCUT2D eigenvalue weighted by molar-refractivity contribution is 0.353. The van der Waals surface area contributed by atoms with Crippen LogP contribution in [0.4, 0.5) is 0 Å². The first-order valence-electron chi connectivity index (χ1n) is 5.57. The van der Waals surface area contributed by atoms with Gasteiger partial charge in [0.25, 0.3) is 0 Å². The van der Waals surface area contributed by atoms with Crippen LogP contribution in [0.15, 0.2) is 30.7 Å². The summed E-state index contributed by atoms with van der Waals surface area (Å²) in [4.78, 5) is 8.27. The van der Waals surface area contributed by atoms with Crippen LogP contribution >= 0.6 is 0 Å². The van der Waals surface area contributed by atoms with Gasteiger partial charge in [-0.15, -0.1) is 10.2 Å². The van der Waals surface area contributed by atoms with Crippen molar-refractivity contribution in [3.05, 3.63) is 30.7 Å². The van der Waals surface area contributed by atoms with Crippen molar-refractivity contribution >= 4 is 5.65 Å². The number of aromatic nitrogens is 5. The summed E-state index contributed by atoms with van der Waals surface area (Å²) >= 11 is 0. The van der Waals surface area contributed by atoms with Gasteiger partial charge in [-0.1, -0.05) is 6.07 Å². The molecule has 0 spiro atoms. The van der Waals surface area contributed by atoms with Gasteiger partial charge in [-0.25, -0.2) is 4.98 Å². The number of rotatable bonds is 3. The molecule has 0 atom stereocenters. The van der Waals surface area contributed by atoms with Gasteiger partial charge in [0.1, 0.15) is 6.33 Å². The highest BCUT2D eigenvalue weighted by Gasteiger charge is 2.13. The summed E-state index contributed by atoms with van der Waals surface area (Å²) in [7, 11) is 3.06. The minimum absolute atomic E-state index is 0.261. The molecule has 0 amide bonds. The van der Waals surface area contributed by atoms with E-state index in [2.05, 4.69) is 20.2 Å². The van der Waals surface area contributed by atoms with Crippen molar-refractivity contribution in [2.24, 2.45) is 0 Å². The van der Waals surface area contributed by atoms with Gasteiger partial charge in [0.15, 0.2) is 5.65 Å². The van der Waals surface area contributed by atoms with Gasteiger partial charge in [-0.3, -0.25) is 4.40 Å². The Hall–Kier alpha value is -2.70. The van der Waals surface area contributed by atoms with Gasteiger partial charge in [-0.2, -0.15) is 4.98 Å². The van der Waals surface area contributed by atoms with E-state index in [-0.39, 0.29) is 6.01 Å². The van der Waals surface area contributed by atoms with Gasteiger partial charge < -0.3 is 9.47 Å². The molecule has 0 saturated carbocycles. The van der Waals surface area contributed by atoms with E-state index in [9.17, 15) is 0 Å². The largest absolute Gasteiger partial charge is 0.480 e. The second-order valence-electron chi connectivity index (χ2n) is 3.75. The van der Waals surface area contributed by atoms with Crippen molar-refractivity contribution in [2.45, 2.75) is 0 Å². The summed E-state index contributed by atoms with van der Waals surface area (Å²) < 4.78 is 12.1. The molecule has 19 heavy (non-hydrogen) atoms. The molecule has 96 valence electrons. The summed E-state index contributed by atoms with van der Waals surface area (Å²) in [6, 6.07) is 5.94. The zero-order valence-electron chi connectivity index (χ0n) is 10.4. The zero-order chi connectivity index (χ0) is 13.2. The average Bonchev–Trinajstić information content (AvgIpc) is 2.95. The molecule has 0 aliphatic carbocycles. The average molecular weight is 257 g/mol. The monoisotopic (exact) mass is 257 g/mol. The first-order chi connectivity index (χ1) is 9.33. The van der Waals surface area contributed by atoms with E-state index in [1.165, 1.54) is 7.11 Å². The third-order valence-electron chi connectivity index (χ3n) is 2.72. The molecular weight excluding hydrogens is 246 g/mol. The molecule has 0 saturated heterocycles. The molecule has 0 bridgehead atoms. The molecule has 0 N–H and O–H groups in total. The van der Waals surface area contributed by atoms with Crippen LogP contribution in [0.3, 0.4) is 0 Å². The zero-order valence-corrected chi connectivity index (χ0v) is 10.4. The number of nitrogens with zero attached hydrogens (tertiary/aromatic N) is 5. The second-order valence-corrected chi connectivity index (χ2v) is 3.75. The molecule has 0 radical (unpaired) electrons. The van der Waals surface area contributed by atoms with Gasteiger partial charge in [0.2, 0.25) is 5.88 Å². The Labute approximate surface area is 108 Å². The maximum absolute atomic E-state index is 5.28. The predicted octanol–water partition coefficient (Wildman–Crippen LogP) is 1.20. The van der Waals surface area contributed by atoms with Crippen LogP contribution in [-0.2, 0) is 0 Å². The van der Waals surface area contributed by atoms with Crippen LogP contribution in [0, 0.1) is 0 Å². The van der Waals surface area contributed by atoms with E-state index in [0.29, 0.717) is 5.88 Å². The minimum Gasteiger partial charge on any atom is -0.480 e. The fraction of sp³-hybridized carbons (Fsp3) is 0.167. The number of pyridine rings is 1. The van der Waals surface area contributed by atoms with E-state index in [0.717, 1.165) is 16.9 Å². The van der Waals surface area contributed by atoms with Crippen molar-refractivity contribution in [2.75, 3.05) is 14.2 Å². The Balaban J connectivity index is 2.23. The summed E-state index contributed by atoms with van der Waals surface area (Å²) in [6.07, 6.45) is 3.29. The van der Waals surface area contributed by atoms with Gasteiger partial charge in [0.05, 0.1) is 25.5 Å². The smallest absolute Gasteiger partial charge is 0.319 e. The lowest BCUT2D eigenvalue weighted by atomic mass is 10.2. The summed E-state index contributed by atoms with van der Waals surface area (Å²) in [5, 5.41) is 7.88. The molecule has 3 aromatic heterocycles. The topological polar surface area (TPSA) is 74.4 Å². The molecule has 7 nitrogen and oxygen atoms in total. The first-order valence-corrected chi connectivity index (χ1v) is 5.57. The van der Waals surface area contributed by atoms with Crippen LogP contribution in [0.25, 0.3) is 16.9 Å². The quantitative estimate of drug-likeness (QED) is 0.702. The highest BCUT2D eigenvalue weighted by molar-refractivity contribution is 5.67. The number of ether oxygens (including phenoxy) is 2. The lowest BCUT2D eigenvalue weighted by Crippen LogP contribution is -1.99. The third-order valence-corrected chi connectivity index (χ3v) is 2.72. The van der Waals surface area contributed by atoms with Gasteiger partial charge in [-0.05, 0) is 12.1 Å². The maximum atomic E-state index is 5.28. The minimum atomic E-state index is 0.261. The Morgan fingerprint density at radius 2 is 2.05 bits per heavy atom. The highest BCUT2D eigenvalue weighted by Crippen LogP contribution is 2.28. The van der Waals surface area contributed by atoms with Crippen molar-refractivity contribution in [1.29, 1.82) is 0 Å². The molecule has 0 unspecified atom stereocenters. The molecule has 0 aliphatic rings. The van der Waals surface area contributed by atoms with E-state index >= 15 is 0 Å². The van der Waals surface area contributed by atoms with Crippen LogP contribution < -0.4 is 9.47 Å². The number of methoxy groups -OCH3 is 2. The van der Waals surface area contributed by atoms with Crippen molar-refractivity contribution in [3.8, 4) is 23.1 Å². The van der Waals surface area contributed by atoms with Crippen LogP contribution in [0.5, 0.6) is 11.9 Å². The molecule has 3 aromatic rings. The molecule has 0 fully saturated rings. The fourth-order valence-electron chi connectivity index (χ4n) is 1.85. The van der Waals surface area contributed by atoms with E-state index < -0.39 is 0 Å². The fourth-order valence-corrected chi connectivity index (χ4v) is 1.85. The van der Waals surface area contributed by atoms with E-state index in [1.54, 1.807) is 19.6 Å². The Kier molecular flexibility index (Phi) is 2.71. The standard InChI is InChI=1S/C12H11N5O2/c1-18-11-8(6-13-12(15-11)19-2)9-4-3-5-10-16-14-7-17(9)10/h3-7H,1-2H3. The number of hydrogen-bond acceptors (Lipinski definition) is 6. The summed E-state index contributed by atoms with van der Waals surface area (Å²) in [5.41, 5.74) is 2.34. The Bertz CT molecular complexity index is 725. The van der Waals surface area contributed by atoms with Crippen molar-refractivity contribution in [3.63, 3.8) is 0 Å². The molecule has 3 rings (SSSR count). The predicted molar refractivity (Wildman–Crippen MR) is 67.1 cm³/mol. The SMILES string of the molecule is COc1ncc(-c2cccc3nncn23)c(OC)n1. The molecular formula is C12H11N5O2. The van der Waals surface area contributed by atoms with Gasteiger partial charge >= 0.3 is 6.01 Å². The van der Waals surface area contributed by atoms with E-state index in [4.69, 9.17) is 9.47 Å². The highest BCUT2D eigenvalue weighted by atomic mass is 16.5. The molecule has 0 aliphatic heterocycles. The normalized spacial score (nSPS) is 10.6. The van der Waals surface area contributed by atoms with Crippen LogP contribution in [0.1, 0.15) is 0 Å². The third kappa shape index (κ3) is 1.85. The van der Waals surface area contributed by atoms with E-state index in [1.807, 2.05) is 22.6 Å². The Morgan fingerprint density at radius 3 is 2.84 bits per heavy atom. The molecule has 7 heteroatoms. The number of fused-ring (bicyclic) bond motifs is 1. The lowest BCUT2D eigenvalue weighted by Gasteiger charge is -2.09. The first kappa shape index (κ1) is 11.4. The molecule has 0 aromatic carbocycles. The van der Waals surface area contributed by atoms with Gasteiger partial charge in [0, 0.05) is 6.20 Å².